The standard InChI is InChI=1S/C11H10FN3/c12-8-3-1-2-7-9(8)14-6-15-10(7)11(13)4-5-11/h1-3,6H,4-5,13H2. The quantitative estimate of drug-likeness (QED) is 0.767. The zero-order valence-corrected chi connectivity index (χ0v) is 8.07. The fourth-order valence-corrected chi connectivity index (χ4v) is 1.82. The molecular formula is C11H10FN3. The van der Waals surface area contributed by atoms with Gasteiger partial charge in [0.1, 0.15) is 17.7 Å². The summed E-state index contributed by atoms with van der Waals surface area (Å²) in [5.41, 5.74) is 6.85. The first-order valence-corrected chi connectivity index (χ1v) is 4.89. The van der Waals surface area contributed by atoms with Gasteiger partial charge < -0.3 is 5.73 Å². The van der Waals surface area contributed by atoms with Gasteiger partial charge in [0, 0.05) is 5.39 Å². The van der Waals surface area contributed by atoms with E-state index in [2.05, 4.69) is 9.97 Å². The van der Waals surface area contributed by atoms with Crippen LogP contribution >= 0.6 is 0 Å². The van der Waals surface area contributed by atoms with E-state index >= 15 is 0 Å². The molecule has 0 saturated heterocycles. The van der Waals surface area contributed by atoms with Crippen LogP contribution in [0.4, 0.5) is 4.39 Å². The van der Waals surface area contributed by atoms with Crippen LogP contribution in [0.15, 0.2) is 24.5 Å². The van der Waals surface area contributed by atoms with Gasteiger partial charge >= 0.3 is 0 Å². The molecule has 3 nitrogen and oxygen atoms in total. The van der Waals surface area contributed by atoms with Gasteiger partial charge in [-0.3, -0.25) is 0 Å². The first kappa shape index (κ1) is 8.73. The lowest BCUT2D eigenvalue weighted by atomic mass is 10.1. The van der Waals surface area contributed by atoms with Crippen molar-refractivity contribution in [3.63, 3.8) is 0 Å². The van der Waals surface area contributed by atoms with Crippen LogP contribution in [0, 0.1) is 5.82 Å². The second-order valence-electron chi connectivity index (χ2n) is 4.01. The Morgan fingerprint density at radius 2 is 2.07 bits per heavy atom. The fraction of sp³-hybridized carbons (Fsp3) is 0.273. The number of aromatic nitrogens is 2. The fourth-order valence-electron chi connectivity index (χ4n) is 1.82. The van der Waals surface area contributed by atoms with E-state index in [0.29, 0.717) is 5.52 Å². The van der Waals surface area contributed by atoms with Crippen molar-refractivity contribution >= 4 is 10.9 Å². The van der Waals surface area contributed by atoms with Crippen LogP contribution in [0.1, 0.15) is 18.5 Å². The van der Waals surface area contributed by atoms with Crippen molar-refractivity contribution in [2.75, 3.05) is 0 Å². The predicted molar refractivity (Wildman–Crippen MR) is 54.6 cm³/mol. The van der Waals surface area contributed by atoms with E-state index in [-0.39, 0.29) is 11.4 Å². The summed E-state index contributed by atoms with van der Waals surface area (Å²) in [5.74, 6) is -0.319. The summed E-state index contributed by atoms with van der Waals surface area (Å²) in [4.78, 5) is 8.12. The number of benzene rings is 1. The number of nitrogens with two attached hydrogens (primary N) is 1. The highest BCUT2D eigenvalue weighted by atomic mass is 19.1. The van der Waals surface area contributed by atoms with E-state index in [1.165, 1.54) is 12.4 Å². The molecule has 1 fully saturated rings. The summed E-state index contributed by atoms with van der Waals surface area (Å²) < 4.78 is 13.4. The molecular weight excluding hydrogens is 193 g/mol. The van der Waals surface area contributed by atoms with Crippen LogP contribution in [0.2, 0.25) is 0 Å². The minimum absolute atomic E-state index is 0.319. The van der Waals surface area contributed by atoms with Crippen LogP contribution < -0.4 is 5.73 Å². The normalized spacial score (nSPS) is 18.0. The Labute approximate surface area is 86.1 Å². The molecule has 1 heterocycles. The highest BCUT2D eigenvalue weighted by Gasteiger charge is 2.42. The largest absolute Gasteiger partial charge is 0.320 e. The van der Waals surface area contributed by atoms with Crippen molar-refractivity contribution in [3.05, 3.63) is 36.0 Å². The molecule has 0 spiro atoms. The maximum absolute atomic E-state index is 13.4. The maximum Gasteiger partial charge on any atom is 0.149 e. The van der Waals surface area contributed by atoms with Crippen molar-refractivity contribution in [3.8, 4) is 0 Å². The third-order valence-electron chi connectivity index (χ3n) is 2.88. The van der Waals surface area contributed by atoms with Gasteiger partial charge in [-0.05, 0) is 18.9 Å². The molecule has 15 heavy (non-hydrogen) atoms. The van der Waals surface area contributed by atoms with Gasteiger partial charge in [-0.25, -0.2) is 14.4 Å². The molecule has 0 unspecified atom stereocenters. The third kappa shape index (κ3) is 1.22. The Balaban J connectivity index is 2.36. The number of fused-ring (bicyclic) bond motifs is 1. The molecule has 0 atom stereocenters. The predicted octanol–water partition coefficient (Wildman–Crippen LogP) is 1.72. The van der Waals surface area contributed by atoms with Gasteiger partial charge in [-0.2, -0.15) is 0 Å². The summed E-state index contributed by atoms with van der Waals surface area (Å²) in [6.45, 7) is 0. The summed E-state index contributed by atoms with van der Waals surface area (Å²) >= 11 is 0. The second-order valence-corrected chi connectivity index (χ2v) is 4.01. The van der Waals surface area contributed by atoms with Crippen LogP contribution in [-0.4, -0.2) is 9.97 Å². The zero-order valence-electron chi connectivity index (χ0n) is 8.07. The first-order chi connectivity index (χ1) is 7.21. The van der Waals surface area contributed by atoms with Crippen molar-refractivity contribution in [2.24, 2.45) is 5.73 Å². The van der Waals surface area contributed by atoms with E-state index in [4.69, 9.17) is 5.73 Å². The lowest BCUT2D eigenvalue weighted by molar-refractivity contribution is 0.635. The molecule has 4 heteroatoms. The number of nitrogens with zero attached hydrogens (tertiary/aromatic N) is 2. The Kier molecular flexibility index (Phi) is 1.59. The number of hydrogen-bond donors (Lipinski definition) is 1. The van der Waals surface area contributed by atoms with Gasteiger partial charge in [-0.15, -0.1) is 0 Å². The molecule has 1 saturated carbocycles. The molecule has 1 aliphatic rings. The van der Waals surface area contributed by atoms with Crippen LogP contribution in [0.3, 0.4) is 0 Å². The molecule has 1 aliphatic carbocycles. The van der Waals surface area contributed by atoms with Crippen molar-refractivity contribution in [2.45, 2.75) is 18.4 Å². The van der Waals surface area contributed by atoms with Crippen LogP contribution in [0.5, 0.6) is 0 Å². The van der Waals surface area contributed by atoms with Gasteiger partial charge in [-0.1, -0.05) is 12.1 Å². The molecule has 2 aromatic rings. The average molecular weight is 203 g/mol. The monoisotopic (exact) mass is 203 g/mol. The SMILES string of the molecule is NC1(c2ncnc3c(F)cccc23)CC1. The Hall–Kier alpha value is -1.55. The van der Waals surface area contributed by atoms with Crippen molar-refractivity contribution < 1.29 is 4.39 Å². The molecule has 1 aromatic heterocycles. The summed E-state index contributed by atoms with van der Waals surface area (Å²) in [6.07, 6.45) is 3.21. The smallest absolute Gasteiger partial charge is 0.149 e. The van der Waals surface area contributed by atoms with E-state index < -0.39 is 0 Å². The molecule has 0 amide bonds. The van der Waals surface area contributed by atoms with E-state index in [1.54, 1.807) is 6.07 Å². The van der Waals surface area contributed by atoms with E-state index in [0.717, 1.165) is 23.9 Å². The molecule has 0 aliphatic heterocycles. The topological polar surface area (TPSA) is 51.8 Å². The molecule has 2 N–H and O–H groups in total. The Morgan fingerprint density at radius 1 is 1.27 bits per heavy atom. The number of rotatable bonds is 1. The third-order valence-corrected chi connectivity index (χ3v) is 2.88. The van der Waals surface area contributed by atoms with Gasteiger partial charge in [0.15, 0.2) is 0 Å². The van der Waals surface area contributed by atoms with E-state index in [1.807, 2.05) is 6.07 Å². The maximum atomic E-state index is 13.4. The second kappa shape index (κ2) is 2.73. The molecule has 76 valence electrons. The summed E-state index contributed by atoms with van der Waals surface area (Å²) in [5, 5.41) is 0.734. The van der Waals surface area contributed by atoms with Gasteiger partial charge in [0.2, 0.25) is 0 Å². The lowest BCUT2D eigenvalue weighted by Gasteiger charge is -2.10. The number of hydrogen-bond acceptors (Lipinski definition) is 3. The average Bonchev–Trinajstić information content (AvgIpc) is 2.98. The Morgan fingerprint density at radius 3 is 2.80 bits per heavy atom. The molecule has 0 bridgehead atoms. The molecule has 3 rings (SSSR count). The highest BCUT2D eigenvalue weighted by Crippen LogP contribution is 2.43. The van der Waals surface area contributed by atoms with Gasteiger partial charge in [0.05, 0.1) is 11.2 Å². The minimum atomic E-state index is -0.352. The highest BCUT2D eigenvalue weighted by molar-refractivity contribution is 5.82. The van der Waals surface area contributed by atoms with Gasteiger partial charge in [0.25, 0.3) is 0 Å². The van der Waals surface area contributed by atoms with Crippen molar-refractivity contribution in [1.29, 1.82) is 0 Å². The first-order valence-electron chi connectivity index (χ1n) is 4.89. The van der Waals surface area contributed by atoms with Crippen molar-refractivity contribution in [1.82, 2.24) is 9.97 Å². The molecule has 1 aromatic carbocycles. The zero-order chi connectivity index (χ0) is 10.5. The number of halogens is 1. The number of para-hydroxylation sites is 1. The van der Waals surface area contributed by atoms with Crippen LogP contribution in [-0.2, 0) is 5.54 Å². The van der Waals surface area contributed by atoms with E-state index in [9.17, 15) is 4.39 Å². The van der Waals surface area contributed by atoms with Crippen LogP contribution in [0.25, 0.3) is 10.9 Å². The Bertz CT molecular complexity index is 534. The minimum Gasteiger partial charge on any atom is -0.320 e. The summed E-state index contributed by atoms with van der Waals surface area (Å²) in [7, 11) is 0. The summed E-state index contributed by atoms with van der Waals surface area (Å²) in [6, 6.07) is 4.88. The lowest BCUT2D eigenvalue weighted by Crippen LogP contribution is -2.21. The molecule has 0 radical (unpaired) electrons.